The maximum absolute atomic E-state index is 13.6. The quantitative estimate of drug-likeness (QED) is 0.275. The van der Waals surface area contributed by atoms with Crippen molar-refractivity contribution in [3.63, 3.8) is 0 Å². The lowest BCUT2D eigenvalue weighted by atomic mass is 9.95. The second-order valence-electron chi connectivity index (χ2n) is 8.55. The number of benzene rings is 2. The van der Waals surface area contributed by atoms with E-state index in [4.69, 9.17) is 55.9 Å². The fraction of sp³-hybridized carbons (Fsp3) is 0.375. The zero-order chi connectivity index (χ0) is 26.1. The lowest BCUT2D eigenvalue weighted by Crippen LogP contribution is -2.71. The summed E-state index contributed by atoms with van der Waals surface area (Å²) in [4.78, 5) is 40.2. The van der Waals surface area contributed by atoms with E-state index in [1.54, 1.807) is 6.92 Å². The van der Waals surface area contributed by atoms with Crippen LogP contribution < -0.4 is 5.32 Å². The average molecular weight is 592 g/mol. The number of alkyl halides is 4. The molecule has 0 unspecified atom stereocenters. The SMILES string of the molecule is C[C@@]1(CCl)S[C@H]2[C@H](NC(=O)OCC(Cl)(Cl)Cl)C(=O)N2[C@H]1C(=O)OC(c1ccccc1)c1ccccc1. The number of thioether (sulfide) groups is 1. The fourth-order valence-electron chi connectivity index (χ4n) is 4.20. The number of fused-ring (bicyclic) bond motifs is 1. The Balaban J connectivity index is 1.52. The zero-order valence-corrected chi connectivity index (χ0v) is 22.7. The van der Waals surface area contributed by atoms with Crippen molar-refractivity contribution in [2.45, 2.75) is 39.0 Å². The lowest BCUT2D eigenvalue weighted by Gasteiger charge is -2.43. The Labute approximate surface area is 232 Å². The van der Waals surface area contributed by atoms with E-state index < -0.39 is 56.7 Å². The number of ether oxygens (including phenoxy) is 2. The van der Waals surface area contributed by atoms with E-state index in [2.05, 4.69) is 5.32 Å². The largest absolute Gasteiger partial charge is 0.451 e. The lowest BCUT2D eigenvalue weighted by molar-refractivity contribution is -0.166. The summed E-state index contributed by atoms with van der Waals surface area (Å²) in [6.45, 7) is 1.31. The van der Waals surface area contributed by atoms with Gasteiger partial charge in [0, 0.05) is 5.88 Å². The molecule has 2 aromatic rings. The van der Waals surface area contributed by atoms with Crippen LogP contribution in [0.1, 0.15) is 24.2 Å². The number of esters is 1. The summed E-state index contributed by atoms with van der Waals surface area (Å²) in [6.07, 6.45) is -1.59. The van der Waals surface area contributed by atoms with Gasteiger partial charge in [0.05, 0.1) is 4.75 Å². The predicted octanol–water partition coefficient (Wildman–Crippen LogP) is 5.07. The molecule has 2 fully saturated rings. The number of β-lactam (4-membered cyclic amide) rings is 1. The minimum Gasteiger partial charge on any atom is -0.451 e. The number of hydrogen-bond donors (Lipinski definition) is 1. The highest BCUT2D eigenvalue weighted by Crippen LogP contribution is 2.52. The van der Waals surface area contributed by atoms with E-state index in [9.17, 15) is 14.4 Å². The van der Waals surface area contributed by atoms with E-state index in [1.165, 1.54) is 16.7 Å². The van der Waals surface area contributed by atoms with E-state index in [-0.39, 0.29) is 5.88 Å². The van der Waals surface area contributed by atoms with Gasteiger partial charge in [-0.2, -0.15) is 0 Å². The Morgan fingerprint density at radius 2 is 1.64 bits per heavy atom. The number of carbonyl (C=O) groups is 3. The van der Waals surface area contributed by atoms with Gasteiger partial charge in [-0.25, -0.2) is 9.59 Å². The number of nitrogens with one attached hydrogen (secondary N) is 1. The molecule has 0 aliphatic carbocycles. The van der Waals surface area contributed by atoms with Gasteiger partial charge in [0.1, 0.15) is 24.1 Å². The van der Waals surface area contributed by atoms with Crippen molar-refractivity contribution in [1.29, 1.82) is 0 Å². The number of halogens is 4. The zero-order valence-electron chi connectivity index (χ0n) is 18.9. The Hall–Kier alpha value is -1.84. The number of rotatable bonds is 7. The van der Waals surface area contributed by atoms with Crippen molar-refractivity contribution in [3.05, 3.63) is 71.8 Å². The Bertz CT molecular complexity index is 1080. The molecule has 12 heteroatoms. The first-order valence-electron chi connectivity index (χ1n) is 10.9. The maximum atomic E-state index is 13.6. The second kappa shape index (κ2) is 10.9. The highest BCUT2D eigenvalue weighted by atomic mass is 35.6. The molecule has 2 saturated heterocycles. The van der Waals surface area contributed by atoms with Crippen molar-refractivity contribution >= 4 is 76.1 Å². The van der Waals surface area contributed by atoms with Crippen LogP contribution in [-0.2, 0) is 19.1 Å². The molecule has 2 aromatic carbocycles. The monoisotopic (exact) mass is 590 g/mol. The number of hydrogen-bond acceptors (Lipinski definition) is 6. The molecule has 2 amide bonds. The van der Waals surface area contributed by atoms with Crippen molar-refractivity contribution in [2.24, 2.45) is 0 Å². The fourth-order valence-corrected chi connectivity index (χ4v) is 6.31. The molecule has 2 heterocycles. The van der Waals surface area contributed by atoms with Crippen molar-refractivity contribution < 1.29 is 23.9 Å². The Morgan fingerprint density at radius 1 is 1.08 bits per heavy atom. The first kappa shape index (κ1) is 27.2. The predicted molar refractivity (Wildman–Crippen MR) is 141 cm³/mol. The molecule has 4 rings (SSSR count). The van der Waals surface area contributed by atoms with Crippen LogP contribution in [0.3, 0.4) is 0 Å². The van der Waals surface area contributed by atoms with Crippen LogP contribution >= 0.6 is 58.2 Å². The van der Waals surface area contributed by atoms with E-state index >= 15 is 0 Å². The van der Waals surface area contributed by atoms with Gasteiger partial charge in [-0.1, -0.05) is 95.5 Å². The minimum atomic E-state index is -1.78. The molecule has 0 saturated carbocycles. The van der Waals surface area contributed by atoms with Crippen LogP contribution in [0.5, 0.6) is 0 Å². The smallest absolute Gasteiger partial charge is 0.408 e. The number of amides is 2. The number of alkyl carbamates (subject to hydrolysis) is 1. The molecular formula is C24H22Cl4N2O5S. The normalized spacial score (nSPS) is 25.2. The molecule has 1 N–H and O–H groups in total. The highest BCUT2D eigenvalue weighted by Gasteiger charge is 2.66. The minimum absolute atomic E-state index is 0.0729. The van der Waals surface area contributed by atoms with Gasteiger partial charge in [0.25, 0.3) is 0 Å². The number of nitrogens with zero attached hydrogens (tertiary/aromatic N) is 1. The van der Waals surface area contributed by atoms with Crippen LogP contribution in [0.25, 0.3) is 0 Å². The van der Waals surface area contributed by atoms with Crippen LogP contribution in [0.2, 0.25) is 0 Å². The summed E-state index contributed by atoms with van der Waals surface area (Å²) >= 11 is 24.4. The Morgan fingerprint density at radius 3 is 2.14 bits per heavy atom. The van der Waals surface area contributed by atoms with Crippen molar-refractivity contribution in [3.8, 4) is 0 Å². The van der Waals surface area contributed by atoms with Crippen LogP contribution in [-0.4, -0.2) is 61.4 Å². The first-order chi connectivity index (χ1) is 17.0. The van der Waals surface area contributed by atoms with Gasteiger partial charge >= 0.3 is 12.1 Å². The molecule has 0 radical (unpaired) electrons. The molecule has 2 aliphatic heterocycles. The molecule has 36 heavy (non-hydrogen) atoms. The van der Waals surface area contributed by atoms with Gasteiger partial charge < -0.3 is 19.7 Å². The summed E-state index contributed by atoms with van der Waals surface area (Å²) in [5.41, 5.74) is 1.58. The molecule has 0 spiro atoms. The maximum Gasteiger partial charge on any atom is 0.408 e. The van der Waals surface area contributed by atoms with E-state index in [0.717, 1.165) is 11.1 Å². The van der Waals surface area contributed by atoms with Crippen LogP contribution in [0.4, 0.5) is 4.79 Å². The summed E-state index contributed by atoms with van der Waals surface area (Å²) in [7, 11) is 0. The van der Waals surface area contributed by atoms with Gasteiger partial charge in [0.2, 0.25) is 9.70 Å². The summed E-state index contributed by atoms with van der Waals surface area (Å²) in [6, 6.07) is 16.8. The molecule has 192 valence electrons. The first-order valence-corrected chi connectivity index (χ1v) is 13.5. The van der Waals surface area contributed by atoms with Gasteiger partial charge in [-0.3, -0.25) is 4.79 Å². The third kappa shape index (κ3) is 5.68. The molecule has 7 nitrogen and oxygen atoms in total. The molecule has 0 bridgehead atoms. The van der Waals surface area contributed by atoms with Gasteiger partial charge in [-0.15, -0.1) is 23.4 Å². The van der Waals surface area contributed by atoms with Crippen LogP contribution in [0, 0.1) is 0 Å². The van der Waals surface area contributed by atoms with Gasteiger partial charge in [-0.05, 0) is 18.1 Å². The summed E-state index contributed by atoms with van der Waals surface area (Å²) in [5, 5.41) is 1.94. The topological polar surface area (TPSA) is 84.9 Å². The molecule has 2 aliphatic rings. The van der Waals surface area contributed by atoms with Gasteiger partial charge in [0.15, 0.2) is 6.10 Å². The third-order valence-corrected chi connectivity index (χ3v) is 8.58. The standard InChI is InChI=1S/C24H22Cl4N2O5S/c1-23(12-25)18(30-19(31)16(20(30)36-23)29-22(33)34-13-24(26,27)28)21(32)35-17(14-8-4-2-5-9-14)15-10-6-3-7-11-15/h2-11,16-18,20H,12-13H2,1H3,(H,29,33)/t16-,18+,20+,23+/m1/s1. The van der Waals surface area contributed by atoms with Crippen molar-refractivity contribution in [2.75, 3.05) is 12.5 Å². The van der Waals surface area contributed by atoms with Crippen LogP contribution in [0.15, 0.2) is 60.7 Å². The summed E-state index contributed by atoms with van der Waals surface area (Å²) < 4.78 is 8.27. The number of carbonyl (C=O) groups excluding carboxylic acids is 3. The third-order valence-electron chi connectivity index (χ3n) is 5.89. The average Bonchev–Trinajstić information content (AvgIpc) is 3.15. The van der Waals surface area contributed by atoms with E-state index in [0.29, 0.717) is 0 Å². The molecule has 0 aromatic heterocycles. The Kier molecular flexibility index (Phi) is 8.22. The summed E-state index contributed by atoms with van der Waals surface area (Å²) in [5.74, 6) is -0.967. The van der Waals surface area contributed by atoms with E-state index in [1.807, 2.05) is 60.7 Å². The molecular weight excluding hydrogens is 570 g/mol. The highest BCUT2D eigenvalue weighted by molar-refractivity contribution is 8.01. The van der Waals surface area contributed by atoms with Crippen molar-refractivity contribution in [1.82, 2.24) is 10.2 Å². The molecule has 4 atom stereocenters. The second-order valence-corrected chi connectivity index (χ2v) is 13.0.